The first-order valence-electron chi connectivity index (χ1n) is 7.18. The summed E-state index contributed by atoms with van der Waals surface area (Å²) in [4.78, 5) is 11.2. The second-order valence-electron chi connectivity index (χ2n) is 5.18. The van der Waals surface area contributed by atoms with Crippen molar-refractivity contribution in [3.63, 3.8) is 0 Å². The van der Waals surface area contributed by atoms with Crippen molar-refractivity contribution in [1.82, 2.24) is 0 Å². The SMILES string of the molecule is COC(=O)CCCP1(=O)Oc2ccccc2-c2ccccc21. The van der Waals surface area contributed by atoms with Gasteiger partial charge in [-0.25, -0.2) is 0 Å². The van der Waals surface area contributed by atoms with E-state index in [0.717, 1.165) is 16.4 Å². The molecule has 22 heavy (non-hydrogen) atoms. The normalized spacial score (nSPS) is 18.8. The number of esters is 1. The molecule has 0 saturated carbocycles. The molecule has 3 rings (SSSR count). The van der Waals surface area contributed by atoms with Crippen molar-refractivity contribution >= 4 is 18.6 Å². The van der Waals surface area contributed by atoms with Crippen molar-refractivity contribution < 1.29 is 18.6 Å². The lowest BCUT2D eigenvalue weighted by molar-refractivity contribution is -0.140. The van der Waals surface area contributed by atoms with Gasteiger partial charge in [0.2, 0.25) is 0 Å². The number of hydrogen-bond donors (Lipinski definition) is 0. The van der Waals surface area contributed by atoms with E-state index in [4.69, 9.17) is 4.52 Å². The average molecular weight is 316 g/mol. The van der Waals surface area contributed by atoms with Crippen LogP contribution in [0.3, 0.4) is 0 Å². The van der Waals surface area contributed by atoms with Gasteiger partial charge in [0, 0.05) is 18.1 Å². The predicted molar refractivity (Wildman–Crippen MR) is 85.9 cm³/mol. The molecular formula is C17H17O4P. The number of methoxy groups -OCH3 is 1. The van der Waals surface area contributed by atoms with Crippen molar-refractivity contribution in [2.24, 2.45) is 0 Å². The smallest absolute Gasteiger partial charge is 0.305 e. The molecular weight excluding hydrogens is 299 g/mol. The maximum Gasteiger partial charge on any atom is 0.305 e. The maximum absolute atomic E-state index is 13.3. The van der Waals surface area contributed by atoms with Gasteiger partial charge in [0.05, 0.1) is 12.4 Å². The van der Waals surface area contributed by atoms with E-state index in [9.17, 15) is 9.36 Å². The third-order valence-corrected chi connectivity index (χ3v) is 6.28. The van der Waals surface area contributed by atoms with Gasteiger partial charge < -0.3 is 9.26 Å². The molecule has 1 atom stereocenters. The minimum atomic E-state index is -3.01. The summed E-state index contributed by atoms with van der Waals surface area (Å²) in [6, 6.07) is 15.2. The maximum atomic E-state index is 13.3. The van der Waals surface area contributed by atoms with E-state index in [1.807, 2.05) is 48.5 Å². The van der Waals surface area contributed by atoms with Gasteiger partial charge in [0.25, 0.3) is 7.37 Å². The van der Waals surface area contributed by atoms with Gasteiger partial charge in [-0.15, -0.1) is 0 Å². The summed E-state index contributed by atoms with van der Waals surface area (Å²) < 4.78 is 23.8. The molecule has 0 aromatic heterocycles. The molecule has 0 fully saturated rings. The first kappa shape index (κ1) is 14.9. The Hall–Kier alpha value is -2.06. The Kier molecular flexibility index (Phi) is 4.04. The monoisotopic (exact) mass is 316 g/mol. The lowest BCUT2D eigenvalue weighted by atomic mass is 10.0. The Morgan fingerprint density at radius 2 is 1.77 bits per heavy atom. The average Bonchev–Trinajstić information content (AvgIpc) is 2.55. The number of rotatable bonds is 4. The van der Waals surface area contributed by atoms with Crippen molar-refractivity contribution in [2.75, 3.05) is 13.3 Å². The number of hydrogen-bond acceptors (Lipinski definition) is 4. The number of carbonyl (C=O) groups is 1. The van der Waals surface area contributed by atoms with Crippen molar-refractivity contribution in [3.8, 4) is 16.9 Å². The number of fused-ring (bicyclic) bond motifs is 3. The molecule has 0 saturated heterocycles. The Labute approximate surface area is 129 Å². The summed E-state index contributed by atoms with van der Waals surface area (Å²) >= 11 is 0. The molecule has 2 aromatic rings. The van der Waals surface area contributed by atoms with Gasteiger partial charge in [-0.05, 0) is 24.1 Å². The lowest BCUT2D eigenvalue weighted by Gasteiger charge is -2.28. The molecule has 114 valence electrons. The highest BCUT2D eigenvalue weighted by molar-refractivity contribution is 7.67. The van der Waals surface area contributed by atoms with Crippen LogP contribution in [0, 0.1) is 0 Å². The van der Waals surface area contributed by atoms with E-state index in [0.29, 0.717) is 18.3 Å². The lowest BCUT2D eigenvalue weighted by Crippen LogP contribution is -2.20. The molecule has 2 aromatic carbocycles. The van der Waals surface area contributed by atoms with Crippen LogP contribution in [0.25, 0.3) is 11.1 Å². The molecule has 0 bridgehead atoms. The molecule has 0 amide bonds. The van der Waals surface area contributed by atoms with Crippen LogP contribution in [0.2, 0.25) is 0 Å². The van der Waals surface area contributed by atoms with Gasteiger partial charge in [0.15, 0.2) is 0 Å². The topological polar surface area (TPSA) is 52.6 Å². The van der Waals surface area contributed by atoms with Crippen LogP contribution in [0.15, 0.2) is 48.5 Å². The van der Waals surface area contributed by atoms with Gasteiger partial charge in [-0.2, -0.15) is 0 Å². The number of carbonyl (C=O) groups excluding carboxylic acids is 1. The molecule has 1 unspecified atom stereocenters. The molecule has 0 aliphatic carbocycles. The molecule has 0 radical (unpaired) electrons. The second kappa shape index (κ2) is 5.98. The number of para-hydroxylation sites is 1. The molecule has 1 aliphatic heterocycles. The third kappa shape index (κ3) is 2.67. The quantitative estimate of drug-likeness (QED) is 0.639. The summed E-state index contributed by atoms with van der Waals surface area (Å²) in [5.74, 6) is 0.347. The van der Waals surface area contributed by atoms with Crippen LogP contribution >= 0.6 is 7.37 Å². The zero-order chi connectivity index (χ0) is 15.6. The van der Waals surface area contributed by atoms with Crippen molar-refractivity contribution in [3.05, 3.63) is 48.5 Å². The van der Waals surface area contributed by atoms with Gasteiger partial charge in [0.1, 0.15) is 5.75 Å². The van der Waals surface area contributed by atoms with E-state index in [1.165, 1.54) is 7.11 Å². The first-order valence-corrected chi connectivity index (χ1v) is 8.99. The number of benzene rings is 2. The van der Waals surface area contributed by atoms with Crippen LogP contribution in [0.4, 0.5) is 0 Å². The third-order valence-electron chi connectivity index (χ3n) is 3.76. The highest BCUT2D eigenvalue weighted by atomic mass is 31.2. The molecule has 5 heteroatoms. The molecule has 0 spiro atoms. The Bertz CT molecular complexity index is 754. The zero-order valence-corrected chi connectivity index (χ0v) is 13.2. The number of ether oxygens (including phenoxy) is 1. The van der Waals surface area contributed by atoms with E-state index in [1.54, 1.807) is 0 Å². The standard InChI is InChI=1S/C17H17O4P/c1-20-17(18)11-6-12-22(19)16-10-5-3-8-14(16)13-7-2-4-9-15(13)21-22/h2-5,7-10H,6,11-12H2,1H3. The molecule has 0 N–H and O–H groups in total. The largest absolute Gasteiger partial charge is 0.469 e. The summed E-state index contributed by atoms with van der Waals surface area (Å²) in [5, 5.41) is 0.735. The summed E-state index contributed by atoms with van der Waals surface area (Å²) in [6.07, 6.45) is 1.04. The minimum Gasteiger partial charge on any atom is -0.469 e. The minimum absolute atomic E-state index is 0.244. The molecule has 4 nitrogen and oxygen atoms in total. The fourth-order valence-electron chi connectivity index (χ4n) is 2.67. The highest BCUT2D eigenvalue weighted by Gasteiger charge is 2.35. The van der Waals surface area contributed by atoms with Gasteiger partial charge in [-0.1, -0.05) is 36.4 Å². The Morgan fingerprint density at radius 1 is 1.09 bits per heavy atom. The fourth-order valence-corrected chi connectivity index (χ4v) is 5.03. The van der Waals surface area contributed by atoms with Gasteiger partial charge >= 0.3 is 5.97 Å². The van der Waals surface area contributed by atoms with Crippen LogP contribution < -0.4 is 9.83 Å². The van der Waals surface area contributed by atoms with Crippen LogP contribution in [0.1, 0.15) is 12.8 Å². The Morgan fingerprint density at radius 3 is 2.55 bits per heavy atom. The van der Waals surface area contributed by atoms with Gasteiger partial charge in [-0.3, -0.25) is 9.36 Å². The molecule has 1 heterocycles. The zero-order valence-electron chi connectivity index (χ0n) is 12.3. The van der Waals surface area contributed by atoms with E-state index in [2.05, 4.69) is 4.74 Å². The highest BCUT2D eigenvalue weighted by Crippen LogP contribution is 2.54. The Balaban J connectivity index is 1.94. The van der Waals surface area contributed by atoms with E-state index in [-0.39, 0.29) is 12.4 Å². The summed E-state index contributed by atoms with van der Waals surface area (Å²) in [6.45, 7) is 0. The van der Waals surface area contributed by atoms with Crippen molar-refractivity contribution in [2.45, 2.75) is 12.8 Å². The van der Waals surface area contributed by atoms with Crippen LogP contribution in [-0.2, 0) is 14.1 Å². The van der Waals surface area contributed by atoms with E-state index < -0.39 is 7.37 Å². The molecule has 1 aliphatic rings. The van der Waals surface area contributed by atoms with Crippen LogP contribution in [0.5, 0.6) is 5.75 Å². The predicted octanol–water partition coefficient (Wildman–Crippen LogP) is 3.60. The van der Waals surface area contributed by atoms with Crippen molar-refractivity contribution in [1.29, 1.82) is 0 Å². The van der Waals surface area contributed by atoms with Crippen LogP contribution in [-0.4, -0.2) is 19.2 Å². The second-order valence-corrected chi connectivity index (χ2v) is 7.64. The summed E-state index contributed by atoms with van der Waals surface area (Å²) in [7, 11) is -1.66. The first-order chi connectivity index (χ1) is 10.6. The fraction of sp³-hybridized carbons (Fsp3) is 0.235. The van der Waals surface area contributed by atoms with E-state index >= 15 is 0 Å². The summed E-state index contributed by atoms with van der Waals surface area (Å²) in [5.41, 5.74) is 1.91.